The Morgan fingerprint density at radius 3 is 2.33 bits per heavy atom. The molecule has 0 bridgehead atoms. The number of nitrogens with two attached hydrogens (primary N) is 1. The van der Waals surface area contributed by atoms with Crippen LogP contribution in [0.3, 0.4) is 0 Å². The van der Waals surface area contributed by atoms with E-state index in [1.807, 2.05) is 20.8 Å². The average Bonchev–Trinajstić information content (AvgIpc) is 2.06. The molecule has 0 aliphatic heterocycles. The van der Waals surface area contributed by atoms with E-state index in [9.17, 15) is 0 Å². The fraction of sp³-hybridized carbons (Fsp3) is 0.400. The zero-order chi connectivity index (χ0) is 11.6. The lowest BCUT2D eigenvalue weighted by atomic mass is 9.80. The Kier molecular flexibility index (Phi) is 3.26. The van der Waals surface area contributed by atoms with Gasteiger partial charge in [0.15, 0.2) is 0 Å². The molecule has 0 aliphatic rings. The number of ether oxygens (including phenoxy) is 1. The van der Waals surface area contributed by atoms with Crippen molar-refractivity contribution in [2.75, 3.05) is 5.73 Å². The lowest BCUT2D eigenvalue weighted by molar-refractivity contribution is 0.132. The van der Waals surface area contributed by atoms with E-state index in [4.69, 9.17) is 20.5 Å². The van der Waals surface area contributed by atoms with Crippen molar-refractivity contribution < 1.29 is 14.8 Å². The molecule has 0 amide bonds. The lowest BCUT2D eigenvalue weighted by Crippen LogP contribution is -2.31. The molecule has 0 spiro atoms. The summed E-state index contributed by atoms with van der Waals surface area (Å²) >= 11 is 0. The number of benzene rings is 1. The maximum absolute atomic E-state index is 9.00. The fourth-order valence-corrected chi connectivity index (χ4v) is 1.13. The van der Waals surface area contributed by atoms with Crippen molar-refractivity contribution in [2.45, 2.75) is 26.4 Å². The Hall–Kier alpha value is -1.20. The predicted octanol–water partition coefficient (Wildman–Crippen LogP) is 0.126. The second kappa shape index (κ2) is 4.12. The van der Waals surface area contributed by atoms with Gasteiger partial charge in [-0.3, -0.25) is 0 Å². The number of hydrogen-bond donors (Lipinski definition) is 3. The maximum Gasteiger partial charge on any atom is 0.488 e. The first kappa shape index (κ1) is 11.9. The van der Waals surface area contributed by atoms with Crippen LogP contribution in [0.25, 0.3) is 0 Å². The van der Waals surface area contributed by atoms with E-state index in [0.717, 1.165) is 0 Å². The Morgan fingerprint density at radius 2 is 1.87 bits per heavy atom. The summed E-state index contributed by atoms with van der Waals surface area (Å²) < 4.78 is 5.58. The molecule has 0 aliphatic carbocycles. The van der Waals surface area contributed by atoms with Crippen molar-refractivity contribution in [2.24, 2.45) is 0 Å². The van der Waals surface area contributed by atoms with Crippen LogP contribution in [-0.4, -0.2) is 22.8 Å². The largest absolute Gasteiger partial charge is 0.488 e. The van der Waals surface area contributed by atoms with Gasteiger partial charge in [-0.05, 0) is 38.4 Å². The van der Waals surface area contributed by atoms with Crippen LogP contribution in [0, 0.1) is 0 Å². The van der Waals surface area contributed by atoms with E-state index in [2.05, 4.69) is 0 Å². The molecule has 0 aromatic heterocycles. The molecule has 4 nitrogen and oxygen atoms in total. The molecule has 0 heterocycles. The molecule has 0 saturated heterocycles. The quantitative estimate of drug-likeness (QED) is 0.477. The van der Waals surface area contributed by atoms with Crippen molar-refractivity contribution in [3.05, 3.63) is 18.2 Å². The standard InChI is InChI=1S/C10H16BNO3/c1-10(2,3)15-9-6-7(11(13)14)4-5-8(9)12/h4-6,13-14H,12H2,1-3H3. The molecule has 1 aromatic carbocycles. The van der Waals surface area contributed by atoms with Crippen molar-refractivity contribution in [3.8, 4) is 5.75 Å². The number of anilines is 1. The first-order valence-electron chi connectivity index (χ1n) is 4.74. The molecule has 15 heavy (non-hydrogen) atoms. The summed E-state index contributed by atoms with van der Waals surface area (Å²) in [5.74, 6) is 0.466. The first-order chi connectivity index (χ1) is 6.79. The van der Waals surface area contributed by atoms with Crippen LogP contribution in [0.1, 0.15) is 20.8 Å². The second-order valence-corrected chi connectivity index (χ2v) is 4.39. The first-order valence-corrected chi connectivity index (χ1v) is 4.74. The van der Waals surface area contributed by atoms with Crippen LogP contribution >= 0.6 is 0 Å². The van der Waals surface area contributed by atoms with Gasteiger partial charge >= 0.3 is 7.12 Å². The molecular weight excluding hydrogens is 193 g/mol. The van der Waals surface area contributed by atoms with Gasteiger partial charge < -0.3 is 20.5 Å². The summed E-state index contributed by atoms with van der Waals surface area (Å²) in [6, 6.07) is 4.68. The molecular formula is C10H16BNO3. The molecule has 0 saturated carbocycles. The van der Waals surface area contributed by atoms with Gasteiger partial charge in [-0.2, -0.15) is 0 Å². The van der Waals surface area contributed by atoms with E-state index < -0.39 is 7.12 Å². The Balaban J connectivity index is 3.01. The summed E-state index contributed by atoms with van der Waals surface area (Å²) in [7, 11) is -1.51. The number of hydrogen-bond acceptors (Lipinski definition) is 4. The van der Waals surface area contributed by atoms with E-state index >= 15 is 0 Å². The van der Waals surface area contributed by atoms with Gasteiger partial charge in [-0.1, -0.05) is 6.07 Å². The minimum atomic E-state index is -1.51. The topological polar surface area (TPSA) is 75.7 Å². The highest BCUT2D eigenvalue weighted by Crippen LogP contribution is 2.23. The number of nitrogen functional groups attached to an aromatic ring is 1. The monoisotopic (exact) mass is 209 g/mol. The smallest absolute Gasteiger partial charge is 0.486 e. The Morgan fingerprint density at radius 1 is 1.27 bits per heavy atom. The van der Waals surface area contributed by atoms with Gasteiger partial charge in [0.2, 0.25) is 0 Å². The minimum Gasteiger partial charge on any atom is -0.486 e. The van der Waals surface area contributed by atoms with Crippen LogP contribution in [0.2, 0.25) is 0 Å². The SMILES string of the molecule is CC(C)(C)Oc1cc(B(O)O)ccc1N. The zero-order valence-corrected chi connectivity index (χ0v) is 9.19. The predicted molar refractivity (Wildman–Crippen MR) is 61.1 cm³/mol. The molecule has 0 radical (unpaired) electrons. The van der Waals surface area contributed by atoms with Gasteiger partial charge in [0.1, 0.15) is 11.4 Å². The molecule has 1 rings (SSSR count). The van der Waals surface area contributed by atoms with Crippen LogP contribution in [0.4, 0.5) is 5.69 Å². The highest BCUT2D eigenvalue weighted by atomic mass is 16.5. The summed E-state index contributed by atoms with van der Waals surface area (Å²) in [5, 5.41) is 18.0. The minimum absolute atomic E-state index is 0.364. The van der Waals surface area contributed by atoms with Crippen LogP contribution in [0.15, 0.2) is 18.2 Å². The van der Waals surface area contributed by atoms with Crippen LogP contribution in [0.5, 0.6) is 5.75 Å². The summed E-state index contributed by atoms with van der Waals surface area (Å²) in [5.41, 5.74) is 6.19. The molecule has 82 valence electrons. The summed E-state index contributed by atoms with van der Waals surface area (Å²) in [6.45, 7) is 5.69. The van der Waals surface area contributed by atoms with Gasteiger partial charge in [0, 0.05) is 0 Å². The highest BCUT2D eigenvalue weighted by molar-refractivity contribution is 6.58. The van der Waals surface area contributed by atoms with Crippen molar-refractivity contribution >= 4 is 18.3 Å². The van der Waals surface area contributed by atoms with Gasteiger partial charge in [0.05, 0.1) is 5.69 Å². The molecule has 1 aromatic rings. The van der Waals surface area contributed by atoms with E-state index in [1.165, 1.54) is 6.07 Å². The fourth-order valence-electron chi connectivity index (χ4n) is 1.13. The summed E-state index contributed by atoms with van der Waals surface area (Å²) in [4.78, 5) is 0. The van der Waals surface area contributed by atoms with Crippen molar-refractivity contribution in [1.29, 1.82) is 0 Å². The normalized spacial score (nSPS) is 11.3. The molecule has 0 atom stereocenters. The zero-order valence-electron chi connectivity index (χ0n) is 9.19. The third kappa shape index (κ3) is 3.45. The van der Waals surface area contributed by atoms with Crippen molar-refractivity contribution in [3.63, 3.8) is 0 Å². The lowest BCUT2D eigenvalue weighted by Gasteiger charge is -2.22. The Bertz CT molecular complexity index is 347. The number of rotatable bonds is 2. The molecule has 5 heteroatoms. The van der Waals surface area contributed by atoms with E-state index in [1.54, 1.807) is 12.1 Å². The average molecular weight is 209 g/mol. The van der Waals surface area contributed by atoms with Gasteiger partial charge in [-0.15, -0.1) is 0 Å². The van der Waals surface area contributed by atoms with Crippen molar-refractivity contribution in [1.82, 2.24) is 0 Å². The van der Waals surface area contributed by atoms with E-state index in [-0.39, 0.29) is 5.60 Å². The summed E-state index contributed by atoms with van der Waals surface area (Å²) in [6.07, 6.45) is 0. The Labute approximate surface area is 89.8 Å². The van der Waals surface area contributed by atoms with Gasteiger partial charge in [0.25, 0.3) is 0 Å². The molecule has 0 unspecified atom stereocenters. The second-order valence-electron chi connectivity index (χ2n) is 4.39. The van der Waals surface area contributed by atoms with E-state index in [0.29, 0.717) is 16.9 Å². The maximum atomic E-state index is 9.00. The van der Waals surface area contributed by atoms with Crippen LogP contribution in [-0.2, 0) is 0 Å². The van der Waals surface area contributed by atoms with Gasteiger partial charge in [-0.25, -0.2) is 0 Å². The highest BCUT2D eigenvalue weighted by Gasteiger charge is 2.17. The third-order valence-corrected chi connectivity index (χ3v) is 1.75. The molecule has 0 fully saturated rings. The third-order valence-electron chi connectivity index (χ3n) is 1.75. The molecule has 4 N–H and O–H groups in total. The van der Waals surface area contributed by atoms with Crippen LogP contribution < -0.4 is 15.9 Å².